The fourth-order valence-corrected chi connectivity index (χ4v) is 3.47. The highest BCUT2D eigenvalue weighted by molar-refractivity contribution is 5.86. The summed E-state index contributed by atoms with van der Waals surface area (Å²) in [6.07, 6.45) is 2.75. The minimum Gasteiger partial charge on any atom is -0.344 e. The largest absolute Gasteiger partial charge is 0.344 e. The van der Waals surface area contributed by atoms with Crippen LogP contribution in [-0.4, -0.2) is 4.57 Å². The van der Waals surface area contributed by atoms with Crippen LogP contribution < -0.4 is 5.73 Å². The third-order valence-corrected chi connectivity index (χ3v) is 4.32. The first kappa shape index (κ1) is 8.82. The number of nitrogens with two attached hydrogens (primary N) is 1. The molecule has 0 bridgehead atoms. The third kappa shape index (κ3) is 0.957. The summed E-state index contributed by atoms with van der Waals surface area (Å²) in [6.45, 7) is 1.88. The molecular formula is C14H16N2. The Morgan fingerprint density at radius 2 is 2.19 bits per heavy atom. The van der Waals surface area contributed by atoms with Gasteiger partial charge in [-0.1, -0.05) is 18.2 Å². The summed E-state index contributed by atoms with van der Waals surface area (Å²) in [5.74, 6) is 1.78. The summed E-state index contributed by atoms with van der Waals surface area (Å²) in [5.41, 5.74) is 10.3. The van der Waals surface area contributed by atoms with Gasteiger partial charge in [0.1, 0.15) is 0 Å². The molecular weight excluding hydrogens is 196 g/mol. The number of hydrogen-bond donors (Lipinski definition) is 1. The van der Waals surface area contributed by atoms with Gasteiger partial charge in [0, 0.05) is 35.6 Å². The SMILES string of the molecule is NCc1c2n(c3ccccc13)CCC1CC21. The maximum atomic E-state index is 5.95. The van der Waals surface area contributed by atoms with Gasteiger partial charge in [-0.25, -0.2) is 0 Å². The summed E-state index contributed by atoms with van der Waals surface area (Å²) in [4.78, 5) is 0. The molecule has 2 atom stereocenters. The molecule has 1 aliphatic heterocycles. The molecule has 2 heteroatoms. The van der Waals surface area contributed by atoms with Crippen molar-refractivity contribution in [1.29, 1.82) is 0 Å². The number of benzene rings is 1. The Labute approximate surface area is 95.1 Å². The maximum absolute atomic E-state index is 5.95. The van der Waals surface area contributed by atoms with E-state index in [1.165, 1.54) is 35.9 Å². The second-order valence-corrected chi connectivity index (χ2v) is 5.13. The number of para-hydroxylation sites is 1. The smallest absolute Gasteiger partial charge is 0.0485 e. The monoisotopic (exact) mass is 212 g/mol. The van der Waals surface area contributed by atoms with Crippen molar-refractivity contribution >= 4 is 10.9 Å². The normalized spacial score (nSPS) is 26.6. The topological polar surface area (TPSA) is 30.9 Å². The minimum absolute atomic E-state index is 0.687. The van der Waals surface area contributed by atoms with Gasteiger partial charge in [-0.15, -0.1) is 0 Å². The number of nitrogens with zero attached hydrogens (tertiary/aromatic N) is 1. The second kappa shape index (κ2) is 2.89. The Kier molecular flexibility index (Phi) is 1.59. The maximum Gasteiger partial charge on any atom is 0.0485 e. The van der Waals surface area contributed by atoms with Crippen LogP contribution in [-0.2, 0) is 13.1 Å². The van der Waals surface area contributed by atoms with Crippen molar-refractivity contribution in [1.82, 2.24) is 4.57 Å². The van der Waals surface area contributed by atoms with Crippen LogP contribution in [0.25, 0.3) is 10.9 Å². The summed E-state index contributed by atoms with van der Waals surface area (Å²) < 4.78 is 2.52. The first-order chi connectivity index (χ1) is 7.90. The van der Waals surface area contributed by atoms with Gasteiger partial charge in [0.25, 0.3) is 0 Å². The molecule has 82 valence electrons. The zero-order valence-corrected chi connectivity index (χ0v) is 9.32. The van der Waals surface area contributed by atoms with E-state index in [4.69, 9.17) is 5.73 Å². The number of rotatable bonds is 1. The van der Waals surface area contributed by atoms with Crippen molar-refractivity contribution in [2.45, 2.75) is 31.8 Å². The van der Waals surface area contributed by atoms with Crippen LogP contribution in [0.4, 0.5) is 0 Å². The number of fused-ring (bicyclic) bond motifs is 5. The Bertz CT molecular complexity index is 534. The Hall–Kier alpha value is -1.28. The minimum atomic E-state index is 0.687. The van der Waals surface area contributed by atoms with Crippen molar-refractivity contribution < 1.29 is 0 Å². The lowest BCUT2D eigenvalue weighted by Gasteiger charge is -2.16. The average molecular weight is 212 g/mol. The third-order valence-electron chi connectivity index (χ3n) is 4.32. The van der Waals surface area contributed by atoms with E-state index in [-0.39, 0.29) is 0 Å². The van der Waals surface area contributed by atoms with Crippen molar-refractivity contribution in [2.75, 3.05) is 0 Å². The molecule has 2 nitrogen and oxygen atoms in total. The molecule has 1 aliphatic carbocycles. The molecule has 2 heterocycles. The highest BCUT2D eigenvalue weighted by atomic mass is 15.0. The molecule has 0 amide bonds. The van der Waals surface area contributed by atoms with E-state index in [1.54, 1.807) is 5.69 Å². The van der Waals surface area contributed by atoms with E-state index in [1.807, 2.05) is 0 Å². The zero-order chi connectivity index (χ0) is 10.7. The van der Waals surface area contributed by atoms with Crippen LogP contribution in [0.2, 0.25) is 0 Å². The van der Waals surface area contributed by atoms with Gasteiger partial charge in [-0.2, -0.15) is 0 Å². The van der Waals surface area contributed by atoms with Gasteiger partial charge in [0.2, 0.25) is 0 Å². The van der Waals surface area contributed by atoms with Gasteiger partial charge in [0.05, 0.1) is 0 Å². The molecule has 4 rings (SSSR count). The van der Waals surface area contributed by atoms with Crippen LogP contribution in [0, 0.1) is 5.92 Å². The van der Waals surface area contributed by atoms with E-state index in [9.17, 15) is 0 Å². The Balaban J connectivity index is 2.10. The van der Waals surface area contributed by atoms with Crippen molar-refractivity contribution in [2.24, 2.45) is 11.7 Å². The Morgan fingerprint density at radius 3 is 3.06 bits per heavy atom. The predicted molar refractivity (Wildman–Crippen MR) is 65.3 cm³/mol. The van der Waals surface area contributed by atoms with Crippen LogP contribution in [0.5, 0.6) is 0 Å². The molecule has 2 aliphatic rings. The summed E-state index contributed by atoms with van der Waals surface area (Å²) in [7, 11) is 0. The number of aryl methyl sites for hydroxylation is 1. The molecule has 16 heavy (non-hydrogen) atoms. The molecule has 1 aromatic carbocycles. The van der Waals surface area contributed by atoms with Crippen LogP contribution >= 0.6 is 0 Å². The van der Waals surface area contributed by atoms with Crippen LogP contribution in [0.15, 0.2) is 24.3 Å². The summed E-state index contributed by atoms with van der Waals surface area (Å²) in [5, 5.41) is 1.38. The fourth-order valence-electron chi connectivity index (χ4n) is 3.47. The molecule has 1 aromatic heterocycles. The first-order valence-electron chi connectivity index (χ1n) is 6.20. The molecule has 0 radical (unpaired) electrons. The lowest BCUT2D eigenvalue weighted by atomic mass is 10.1. The second-order valence-electron chi connectivity index (χ2n) is 5.13. The molecule has 1 fully saturated rings. The quantitative estimate of drug-likeness (QED) is 0.774. The van der Waals surface area contributed by atoms with Crippen LogP contribution in [0.1, 0.15) is 30.0 Å². The molecule has 2 aromatic rings. The average Bonchev–Trinajstić information content (AvgIpc) is 3.05. The van der Waals surface area contributed by atoms with Gasteiger partial charge >= 0.3 is 0 Å². The Morgan fingerprint density at radius 1 is 1.31 bits per heavy atom. The van der Waals surface area contributed by atoms with Gasteiger partial charge < -0.3 is 10.3 Å². The highest BCUT2D eigenvalue weighted by Crippen LogP contribution is 2.55. The lowest BCUT2D eigenvalue weighted by molar-refractivity contribution is 0.534. The van der Waals surface area contributed by atoms with Crippen LogP contribution in [0.3, 0.4) is 0 Å². The lowest BCUT2D eigenvalue weighted by Crippen LogP contribution is -2.11. The standard InChI is InChI=1S/C14H16N2/c15-8-12-10-3-1-2-4-13(10)16-6-5-9-7-11(9)14(12)16/h1-4,9,11H,5-8,15H2. The van der Waals surface area contributed by atoms with Gasteiger partial charge in [-0.05, 0) is 30.4 Å². The molecule has 2 unspecified atom stereocenters. The van der Waals surface area contributed by atoms with E-state index in [0.29, 0.717) is 6.54 Å². The highest BCUT2D eigenvalue weighted by Gasteiger charge is 2.44. The molecule has 1 saturated carbocycles. The van der Waals surface area contributed by atoms with Crippen molar-refractivity contribution in [3.63, 3.8) is 0 Å². The van der Waals surface area contributed by atoms with Crippen molar-refractivity contribution in [3.8, 4) is 0 Å². The van der Waals surface area contributed by atoms with Crippen molar-refractivity contribution in [3.05, 3.63) is 35.5 Å². The molecule has 0 saturated heterocycles. The zero-order valence-electron chi connectivity index (χ0n) is 9.32. The summed E-state index contributed by atoms with van der Waals surface area (Å²) >= 11 is 0. The summed E-state index contributed by atoms with van der Waals surface area (Å²) in [6, 6.07) is 8.72. The molecule has 2 N–H and O–H groups in total. The molecule has 0 spiro atoms. The predicted octanol–water partition coefficient (Wildman–Crippen LogP) is 2.61. The number of hydrogen-bond acceptors (Lipinski definition) is 1. The van der Waals surface area contributed by atoms with E-state index < -0.39 is 0 Å². The first-order valence-corrected chi connectivity index (χ1v) is 6.20. The van der Waals surface area contributed by atoms with E-state index >= 15 is 0 Å². The fraction of sp³-hybridized carbons (Fsp3) is 0.429. The van der Waals surface area contributed by atoms with E-state index in [2.05, 4.69) is 28.8 Å². The van der Waals surface area contributed by atoms with E-state index in [0.717, 1.165) is 11.8 Å². The number of aromatic nitrogens is 1. The van der Waals surface area contributed by atoms with Gasteiger partial charge in [0.15, 0.2) is 0 Å². The van der Waals surface area contributed by atoms with Gasteiger partial charge in [-0.3, -0.25) is 0 Å².